The molecule has 12 aliphatic carbocycles. The van der Waals surface area contributed by atoms with Gasteiger partial charge in [-0.15, -0.1) is 5.00 Å². The summed E-state index contributed by atoms with van der Waals surface area (Å²) in [6, 6.07) is 0.564. The minimum absolute atomic E-state index is 0. The van der Waals surface area contributed by atoms with Crippen molar-refractivity contribution in [1.82, 2.24) is 5.00 Å². The summed E-state index contributed by atoms with van der Waals surface area (Å²) in [6.45, 7) is 11.3. The van der Waals surface area contributed by atoms with Gasteiger partial charge in [-0.1, -0.05) is 47.2 Å². The van der Waals surface area contributed by atoms with E-state index in [1.807, 2.05) is 13.8 Å². The van der Waals surface area contributed by atoms with Gasteiger partial charge in [-0.25, -0.2) is 0 Å². The van der Waals surface area contributed by atoms with Gasteiger partial charge in [-0.2, -0.15) is 0 Å². The predicted molar refractivity (Wildman–Crippen MR) is 186 cm³/mol. The zero-order valence-corrected chi connectivity index (χ0v) is 32.7. The van der Waals surface area contributed by atoms with Crippen molar-refractivity contribution in [2.75, 3.05) is 7.11 Å². The van der Waals surface area contributed by atoms with E-state index in [-0.39, 0.29) is 42.5 Å². The molecule has 12 aliphatic rings. The quantitative estimate of drug-likeness (QED) is 0.0978. The van der Waals surface area contributed by atoms with Crippen molar-refractivity contribution in [3.8, 4) is 0 Å². The molecule has 0 aromatic rings. The van der Waals surface area contributed by atoms with Crippen molar-refractivity contribution >= 4 is 23.3 Å². The van der Waals surface area contributed by atoms with E-state index in [4.69, 9.17) is 21.3 Å². The van der Waals surface area contributed by atoms with E-state index in [0.29, 0.717) is 51.7 Å². The van der Waals surface area contributed by atoms with Gasteiger partial charge >= 0.3 is 29.6 Å². The standard InChI is InChI=1S/C11H17NO.C11H19N.C11H16O.C2H6.CH4O.CH4.ClH2NO.Na.H2O/c1-11-4-7-2-8(5-11)10(12-13)9(3-7)6-11;2*1-11-4-7-2-8(5-11)10(12)9(3-7)6-11;2*1-2;;1-2-3;;/h7-9,13H,2-6H2,1H3;7-10H,2-6,12H2,1H3;7-9H,2-6H2,1H3;1-2H3;2H,1H3;1H4;2-3H;;1H2/q;;;;;;;+1;/p-1. The summed E-state index contributed by atoms with van der Waals surface area (Å²) < 4.78 is 0. The fourth-order valence-corrected chi connectivity index (χ4v) is 12.9. The van der Waals surface area contributed by atoms with E-state index in [0.717, 1.165) is 42.4 Å². The number of nitrogens with one attached hydrogen (secondary N) is 1. The van der Waals surface area contributed by atoms with Gasteiger partial charge in [-0.05, 0) is 142 Å². The van der Waals surface area contributed by atoms with E-state index < -0.39 is 0 Å². The van der Waals surface area contributed by atoms with Gasteiger partial charge in [0.15, 0.2) is 0 Å². The maximum Gasteiger partial charge on any atom is 1.00 e. The third-order valence-electron chi connectivity index (χ3n) is 13.4. The zero-order chi connectivity index (χ0) is 32.4. The number of oxime groups is 1. The van der Waals surface area contributed by atoms with Crippen LogP contribution in [0.15, 0.2) is 5.16 Å². The van der Waals surface area contributed by atoms with Gasteiger partial charge in [0.1, 0.15) is 5.78 Å². The van der Waals surface area contributed by atoms with Crippen LogP contribution in [0.1, 0.15) is 138 Å². The number of nitrogens with two attached hydrogens (primary N) is 1. The van der Waals surface area contributed by atoms with Crippen LogP contribution in [0.25, 0.3) is 0 Å². The van der Waals surface area contributed by atoms with E-state index >= 15 is 0 Å². The van der Waals surface area contributed by atoms with Crippen LogP contribution in [0.2, 0.25) is 0 Å². The Labute approximate surface area is 313 Å². The molecule has 7 N–H and O–H groups in total. The molecule has 0 aromatic carbocycles. The van der Waals surface area contributed by atoms with E-state index in [2.05, 4.69) is 37.7 Å². The van der Waals surface area contributed by atoms with Gasteiger partial charge < -0.3 is 26.7 Å². The molecule has 0 amide bonds. The van der Waals surface area contributed by atoms with Crippen molar-refractivity contribution in [3.05, 3.63) is 0 Å². The maximum atomic E-state index is 11.7. The second-order valence-corrected chi connectivity index (χ2v) is 17.3. The molecule has 0 heterocycles. The van der Waals surface area contributed by atoms with Gasteiger partial charge in [0.25, 0.3) is 0 Å². The number of aliphatic hydroxyl groups is 1. The van der Waals surface area contributed by atoms with Crippen LogP contribution in [-0.4, -0.2) is 45.6 Å². The molecule has 0 radical (unpaired) electrons. The van der Waals surface area contributed by atoms with Crippen molar-refractivity contribution < 1.29 is 55.3 Å². The van der Waals surface area contributed by atoms with Crippen LogP contribution in [0, 0.1) is 69.5 Å². The molecular weight excluding hydrogens is 625 g/mol. The minimum atomic E-state index is 0. The first kappa shape index (κ1) is 45.3. The molecule has 10 heteroatoms. The Morgan fingerprint density at radius 2 is 1.00 bits per heavy atom. The largest absolute Gasteiger partial charge is 1.00 e. The number of aliphatic hydroxyl groups excluding tert-OH is 1. The summed E-state index contributed by atoms with van der Waals surface area (Å²) in [6.07, 6.45) is 20.1. The fraction of sp³-hybridized carbons (Fsp3) is 0.946. The number of rotatable bonds is 0. The van der Waals surface area contributed by atoms with Crippen LogP contribution in [-0.2, 0) is 4.79 Å². The molecule has 6 unspecified atom stereocenters. The molecule has 47 heavy (non-hydrogen) atoms. The molecule has 0 spiro atoms. The topological polar surface area (TPSA) is 158 Å². The third-order valence-corrected chi connectivity index (χ3v) is 13.4. The van der Waals surface area contributed by atoms with Crippen LogP contribution in [0.3, 0.4) is 0 Å². The fourth-order valence-electron chi connectivity index (χ4n) is 12.9. The number of hydrogen-bond acceptors (Lipinski definition) is 8. The number of carbonyl (C=O) groups is 1. The Morgan fingerprint density at radius 3 is 1.32 bits per heavy atom. The first-order valence-corrected chi connectivity index (χ1v) is 18.3. The van der Waals surface area contributed by atoms with Gasteiger partial charge in [-0.3, -0.25) is 4.79 Å². The number of carbonyl (C=O) groups excluding carboxylic acids is 1. The van der Waals surface area contributed by atoms with Crippen molar-refractivity contribution in [2.45, 2.75) is 144 Å². The summed E-state index contributed by atoms with van der Waals surface area (Å²) in [5, 5.41) is 26.6. The molecule has 8 nitrogen and oxygen atoms in total. The Kier molecular flexibility index (Phi) is 17.9. The van der Waals surface area contributed by atoms with Crippen LogP contribution < -0.4 is 40.3 Å². The normalized spacial score (nSPS) is 45.6. The van der Waals surface area contributed by atoms with E-state index in [1.165, 1.54) is 101 Å². The van der Waals surface area contributed by atoms with E-state index in [9.17, 15) is 4.79 Å². The van der Waals surface area contributed by atoms with Gasteiger partial charge in [0.05, 0.1) is 5.71 Å². The SMILES string of the molecule is C.CC.CC12CC3CC(C1)C(=NO)C(C3)C2.CC12CC3CC(C1)C(=O)C(C3)C2.CC12CC3CC(C1)C(N)C(C3)C2.CO.ONCl.[Na+].[OH-]. The third kappa shape index (κ3) is 9.97. The molecule has 270 valence electrons. The molecular formula is C37H69ClN3NaO5. The van der Waals surface area contributed by atoms with Crippen molar-refractivity contribution in [3.63, 3.8) is 0 Å². The second kappa shape index (κ2) is 18.6. The van der Waals surface area contributed by atoms with Crippen LogP contribution >= 0.6 is 11.8 Å². The minimum Gasteiger partial charge on any atom is -0.870 e. The Bertz CT molecular complexity index is 964. The first-order chi connectivity index (χ1) is 20.9. The monoisotopic (exact) mass is 693 g/mol. The Hall–Kier alpha value is 0.230. The number of hydrogen-bond donors (Lipinski definition) is 5. The molecule has 12 fully saturated rings. The molecule has 12 rings (SSSR count). The summed E-state index contributed by atoms with van der Waals surface area (Å²) in [4.78, 5) is 12.9. The van der Waals surface area contributed by atoms with Gasteiger partial charge in [0.2, 0.25) is 0 Å². The molecule has 12 saturated carbocycles. The van der Waals surface area contributed by atoms with Crippen molar-refractivity contribution in [1.29, 1.82) is 0 Å². The number of halogens is 1. The number of nitrogens with zero attached hydrogens (tertiary/aromatic N) is 1. The Balaban J connectivity index is 0.000000313. The molecule has 0 saturated heterocycles. The summed E-state index contributed by atoms with van der Waals surface area (Å²) in [5.41, 5.74) is 9.21. The maximum absolute atomic E-state index is 11.7. The van der Waals surface area contributed by atoms with E-state index in [1.54, 1.807) is 0 Å². The van der Waals surface area contributed by atoms with Crippen LogP contribution in [0.5, 0.6) is 0 Å². The molecule has 0 aromatic heterocycles. The first-order valence-electron chi connectivity index (χ1n) is 17.9. The van der Waals surface area contributed by atoms with Gasteiger partial charge in [0, 0.05) is 48.6 Å². The van der Waals surface area contributed by atoms with Crippen molar-refractivity contribution in [2.24, 2.45) is 80.4 Å². The summed E-state index contributed by atoms with van der Waals surface area (Å²) >= 11 is 4.30. The Morgan fingerprint density at radius 1 is 0.702 bits per heavy atom. The molecule has 12 bridgehead atoms. The second-order valence-electron chi connectivity index (χ2n) is 17.2. The molecule has 6 atom stereocenters. The smallest absolute Gasteiger partial charge is 0.870 e. The average molecular weight is 694 g/mol. The molecule has 0 aliphatic heterocycles. The zero-order valence-electron chi connectivity index (χ0n) is 30.0. The average Bonchev–Trinajstić information content (AvgIpc) is 2.95. The van der Waals surface area contributed by atoms with Crippen LogP contribution in [0.4, 0.5) is 0 Å². The number of Topliss-reactive ketones (excluding diaryl/α,β-unsaturated/α-hetero) is 1. The summed E-state index contributed by atoms with van der Waals surface area (Å²) in [7, 11) is 1.00. The number of ketones is 1. The predicted octanol–water partition coefficient (Wildman–Crippen LogP) is 5.44. The summed E-state index contributed by atoms with van der Waals surface area (Å²) in [5.74, 6) is 7.49.